The maximum Gasteiger partial charge on any atom is 0.269 e. The number of thiophene rings is 1. The predicted octanol–water partition coefficient (Wildman–Crippen LogP) is 7.39. The Balaban J connectivity index is 1.47. The second-order valence-electron chi connectivity index (χ2n) is 8.62. The maximum atomic E-state index is 13.3. The molecule has 37 heavy (non-hydrogen) atoms. The van der Waals surface area contributed by atoms with Crippen LogP contribution in [0.3, 0.4) is 0 Å². The number of aromatic nitrogens is 2. The highest BCUT2D eigenvalue weighted by molar-refractivity contribution is 7.23. The molecule has 0 saturated carbocycles. The third-order valence-electron chi connectivity index (χ3n) is 6.17. The number of thiazole rings is 1. The van der Waals surface area contributed by atoms with E-state index in [-0.39, 0.29) is 5.91 Å². The van der Waals surface area contributed by atoms with Gasteiger partial charge in [-0.1, -0.05) is 53.3 Å². The normalized spacial score (nSPS) is 11.2. The molecule has 0 radical (unpaired) electrons. The molecule has 0 spiro atoms. The van der Waals surface area contributed by atoms with Gasteiger partial charge in [0.05, 0.1) is 28.7 Å². The largest absolute Gasteiger partial charge is 0.497 e. The van der Waals surface area contributed by atoms with Crippen molar-refractivity contribution in [2.24, 2.45) is 0 Å². The van der Waals surface area contributed by atoms with Crippen LogP contribution in [-0.2, 0) is 0 Å². The molecule has 3 aromatic heterocycles. The van der Waals surface area contributed by atoms with Crippen molar-refractivity contribution in [2.45, 2.75) is 6.92 Å². The van der Waals surface area contributed by atoms with Crippen LogP contribution in [0.2, 0.25) is 0 Å². The van der Waals surface area contributed by atoms with E-state index in [1.807, 2.05) is 54.6 Å². The lowest BCUT2D eigenvalue weighted by molar-refractivity contribution is 0.103. The van der Waals surface area contributed by atoms with Crippen LogP contribution in [0.4, 0.5) is 10.8 Å². The SMILES string of the molecule is COc1ccc(-c2cc(-c3ccc(C)cc3)c3c(N)c(C(=O)Nc4nc5ccccc5s4)sc3n2)cc1. The molecule has 0 unspecified atom stereocenters. The molecule has 0 aliphatic carbocycles. The minimum absolute atomic E-state index is 0.291. The molecular formula is C29H22N4O2S2. The van der Waals surface area contributed by atoms with Gasteiger partial charge in [-0.3, -0.25) is 10.1 Å². The highest BCUT2D eigenvalue weighted by Gasteiger charge is 2.22. The van der Waals surface area contributed by atoms with Gasteiger partial charge in [-0.2, -0.15) is 0 Å². The Bertz CT molecular complexity index is 1740. The van der Waals surface area contributed by atoms with Crippen molar-refractivity contribution >= 4 is 59.8 Å². The first-order chi connectivity index (χ1) is 18.0. The molecule has 8 heteroatoms. The Morgan fingerprint density at radius 2 is 1.65 bits per heavy atom. The number of fused-ring (bicyclic) bond motifs is 2. The number of nitrogens with zero attached hydrogens (tertiary/aromatic N) is 2. The summed E-state index contributed by atoms with van der Waals surface area (Å²) in [6.07, 6.45) is 0. The number of benzene rings is 3. The molecule has 3 aromatic carbocycles. The van der Waals surface area contributed by atoms with Crippen molar-refractivity contribution in [2.75, 3.05) is 18.2 Å². The van der Waals surface area contributed by atoms with E-state index in [1.54, 1.807) is 7.11 Å². The Kier molecular flexibility index (Phi) is 5.82. The maximum absolute atomic E-state index is 13.3. The molecule has 0 saturated heterocycles. The van der Waals surface area contributed by atoms with Gasteiger partial charge < -0.3 is 10.5 Å². The summed E-state index contributed by atoms with van der Waals surface area (Å²) in [7, 11) is 1.64. The molecule has 0 aliphatic rings. The lowest BCUT2D eigenvalue weighted by Crippen LogP contribution is -2.11. The standard InChI is InChI=1S/C29H22N4O2S2/c1-16-7-9-17(10-8-16)20-15-22(18-11-13-19(35-2)14-12-18)31-28-24(20)25(30)26(37-28)27(34)33-29-32-21-5-3-4-6-23(21)36-29/h3-15H,30H2,1-2H3,(H,32,33,34). The van der Waals surface area contributed by atoms with Crippen LogP contribution in [0, 0.1) is 6.92 Å². The third-order valence-corrected chi connectivity index (χ3v) is 8.22. The molecule has 1 amide bonds. The van der Waals surface area contributed by atoms with Crippen LogP contribution >= 0.6 is 22.7 Å². The Hall–Kier alpha value is -4.27. The fourth-order valence-electron chi connectivity index (χ4n) is 4.24. The number of hydrogen-bond acceptors (Lipinski definition) is 7. The van der Waals surface area contributed by atoms with Gasteiger partial charge in [0.1, 0.15) is 15.5 Å². The molecule has 0 atom stereocenters. The van der Waals surface area contributed by atoms with Gasteiger partial charge in [-0.05, 0) is 60.5 Å². The summed E-state index contributed by atoms with van der Waals surface area (Å²) in [5.41, 5.74) is 12.8. The summed E-state index contributed by atoms with van der Waals surface area (Å²) in [6.45, 7) is 2.05. The number of hydrogen-bond donors (Lipinski definition) is 2. The van der Waals surface area contributed by atoms with Crippen molar-refractivity contribution in [1.29, 1.82) is 0 Å². The third kappa shape index (κ3) is 4.30. The van der Waals surface area contributed by atoms with Gasteiger partial charge in [0.15, 0.2) is 5.13 Å². The van der Waals surface area contributed by atoms with E-state index in [1.165, 1.54) is 28.2 Å². The van der Waals surface area contributed by atoms with Crippen molar-refractivity contribution in [3.8, 4) is 28.1 Å². The number of nitrogens with two attached hydrogens (primary N) is 1. The molecule has 182 valence electrons. The fraction of sp³-hybridized carbons (Fsp3) is 0.0690. The number of methoxy groups -OCH3 is 1. The number of rotatable bonds is 5. The summed E-state index contributed by atoms with van der Waals surface area (Å²) in [4.78, 5) is 23.9. The smallest absolute Gasteiger partial charge is 0.269 e. The van der Waals surface area contributed by atoms with Crippen molar-refractivity contribution in [3.05, 3.63) is 89.3 Å². The Morgan fingerprint density at radius 1 is 0.919 bits per heavy atom. The first-order valence-corrected chi connectivity index (χ1v) is 13.2. The quantitative estimate of drug-likeness (QED) is 0.246. The molecule has 3 heterocycles. The Morgan fingerprint density at radius 3 is 2.38 bits per heavy atom. The lowest BCUT2D eigenvalue weighted by Gasteiger charge is -2.10. The number of nitrogens with one attached hydrogen (secondary N) is 1. The van der Waals surface area contributed by atoms with Gasteiger partial charge >= 0.3 is 0 Å². The minimum Gasteiger partial charge on any atom is -0.497 e. The van der Waals surface area contributed by atoms with E-state index >= 15 is 0 Å². The molecule has 6 nitrogen and oxygen atoms in total. The summed E-state index contributed by atoms with van der Waals surface area (Å²) in [5.74, 6) is 0.484. The number of aryl methyl sites for hydroxylation is 1. The first-order valence-electron chi connectivity index (χ1n) is 11.6. The highest BCUT2D eigenvalue weighted by Crippen LogP contribution is 2.42. The van der Waals surface area contributed by atoms with Gasteiger partial charge in [-0.25, -0.2) is 9.97 Å². The molecule has 6 aromatic rings. The minimum atomic E-state index is -0.291. The van der Waals surface area contributed by atoms with E-state index in [0.717, 1.165) is 43.7 Å². The zero-order valence-electron chi connectivity index (χ0n) is 20.1. The first kappa shape index (κ1) is 23.1. The van der Waals surface area contributed by atoms with Crippen LogP contribution in [-0.4, -0.2) is 23.0 Å². The number of ether oxygens (including phenoxy) is 1. The molecule has 3 N–H and O–H groups in total. The molecule has 0 bridgehead atoms. The summed E-state index contributed by atoms with van der Waals surface area (Å²) < 4.78 is 6.32. The second kappa shape index (κ2) is 9.31. The molecular weight excluding hydrogens is 500 g/mol. The summed E-state index contributed by atoms with van der Waals surface area (Å²) in [6, 6.07) is 25.9. The van der Waals surface area contributed by atoms with E-state index in [4.69, 9.17) is 15.5 Å². The number of amides is 1. The van der Waals surface area contributed by atoms with Crippen LogP contribution < -0.4 is 15.8 Å². The van der Waals surface area contributed by atoms with Crippen molar-refractivity contribution in [3.63, 3.8) is 0 Å². The lowest BCUT2D eigenvalue weighted by atomic mass is 9.98. The fourth-order valence-corrected chi connectivity index (χ4v) is 6.12. The van der Waals surface area contributed by atoms with Crippen LogP contribution in [0.25, 0.3) is 42.8 Å². The van der Waals surface area contributed by atoms with Crippen molar-refractivity contribution in [1.82, 2.24) is 9.97 Å². The van der Waals surface area contributed by atoms with E-state index in [0.29, 0.717) is 20.5 Å². The number of nitrogen functional groups attached to an aromatic ring is 1. The molecule has 0 aliphatic heterocycles. The number of para-hydroxylation sites is 1. The van der Waals surface area contributed by atoms with Crippen LogP contribution in [0.5, 0.6) is 5.75 Å². The van der Waals surface area contributed by atoms with Gasteiger partial charge in [-0.15, -0.1) is 11.3 Å². The summed E-state index contributed by atoms with van der Waals surface area (Å²) in [5, 5.41) is 4.25. The van der Waals surface area contributed by atoms with Gasteiger partial charge in [0, 0.05) is 10.9 Å². The van der Waals surface area contributed by atoms with Crippen LogP contribution in [0.15, 0.2) is 78.9 Å². The summed E-state index contributed by atoms with van der Waals surface area (Å²) >= 11 is 2.72. The van der Waals surface area contributed by atoms with E-state index < -0.39 is 0 Å². The zero-order valence-corrected chi connectivity index (χ0v) is 21.7. The number of anilines is 2. The Labute approximate surface area is 221 Å². The topological polar surface area (TPSA) is 90.1 Å². The van der Waals surface area contributed by atoms with Crippen molar-refractivity contribution < 1.29 is 9.53 Å². The predicted molar refractivity (Wildman–Crippen MR) is 154 cm³/mol. The molecule has 0 fully saturated rings. The number of carbonyl (C=O) groups excluding carboxylic acids is 1. The van der Waals surface area contributed by atoms with E-state index in [9.17, 15) is 4.79 Å². The zero-order chi connectivity index (χ0) is 25.5. The second-order valence-corrected chi connectivity index (χ2v) is 10.6. The van der Waals surface area contributed by atoms with Gasteiger partial charge in [0.25, 0.3) is 5.91 Å². The monoisotopic (exact) mass is 522 g/mol. The number of pyridine rings is 1. The van der Waals surface area contributed by atoms with Crippen LogP contribution in [0.1, 0.15) is 15.2 Å². The average Bonchev–Trinajstić information content (AvgIpc) is 3.49. The molecule has 6 rings (SSSR count). The van der Waals surface area contributed by atoms with E-state index in [2.05, 4.69) is 41.5 Å². The van der Waals surface area contributed by atoms with Gasteiger partial charge in [0.2, 0.25) is 0 Å². The highest BCUT2D eigenvalue weighted by atomic mass is 32.1. The number of carbonyl (C=O) groups is 1. The average molecular weight is 523 g/mol.